The summed E-state index contributed by atoms with van der Waals surface area (Å²) in [6.07, 6.45) is 0.888. The number of hydrogen-bond acceptors (Lipinski definition) is 2. The summed E-state index contributed by atoms with van der Waals surface area (Å²) >= 11 is 12.2. The molecule has 0 saturated carbocycles. The highest BCUT2D eigenvalue weighted by Gasteiger charge is 2.17. The number of hydrogen-bond donors (Lipinski definition) is 1. The van der Waals surface area contributed by atoms with Gasteiger partial charge in [0.1, 0.15) is 11.0 Å². The zero-order valence-electron chi connectivity index (χ0n) is 11.3. The molecular formula is C14H16Cl2FN3. The second-order valence-corrected chi connectivity index (χ2v) is 5.61. The highest BCUT2D eigenvalue weighted by atomic mass is 35.5. The van der Waals surface area contributed by atoms with Crippen LogP contribution in [0.15, 0.2) is 18.2 Å². The SMILES string of the molecule is Cc1nn(C)c(Cl)c1CC(N)Cc1c(F)cccc1Cl. The van der Waals surface area contributed by atoms with Gasteiger partial charge in [-0.3, -0.25) is 4.68 Å². The van der Waals surface area contributed by atoms with Gasteiger partial charge in [-0.25, -0.2) is 4.39 Å². The van der Waals surface area contributed by atoms with Crippen LogP contribution >= 0.6 is 23.2 Å². The van der Waals surface area contributed by atoms with E-state index in [9.17, 15) is 4.39 Å². The molecule has 2 aromatic rings. The van der Waals surface area contributed by atoms with Crippen LogP contribution in [0.3, 0.4) is 0 Å². The first-order valence-corrected chi connectivity index (χ1v) is 7.02. The quantitative estimate of drug-likeness (QED) is 0.941. The van der Waals surface area contributed by atoms with Gasteiger partial charge >= 0.3 is 0 Å². The fourth-order valence-electron chi connectivity index (χ4n) is 2.23. The lowest BCUT2D eigenvalue weighted by Gasteiger charge is -2.13. The molecule has 6 heteroatoms. The molecule has 0 aliphatic rings. The fraction of sp³-hybridized carbons (Fsp3) is 0.357. The minimum absolute atomic E-state index is 0.273. The van der Waals surface area contributed by atoms with Gasteiger partial charge in [0.05, 0.1) is 5.69 Å². The summed E-state index contributed by atoms with van der Waals surface area (Å²) in [4.78, 5) is 0. The zero-order valence-corrected chi connectivity index (χ0v) is 12.8. The van der Waals surface area contributed by atoms with Gasteiger partial charge in [-0.15, -0.1) is 0 Å². The van der Waals surface area contributed by atoms with Crippen molar-refractivity contribution in [3.8, 4) is 0 Å². The van der Waals surface area contributed by atoms with E-state index in [1.807, 2.05) is 6.92 Å². The number of aromatic nitrogens is 2. The number of benzene rings is 1. The van der Waals surface area contributed by atoms with Crippen LogP contribution in [-0.4, -0.2) is 15.8 Å². The third kappa shape index (κ3) is 3.14. The van der Waals surface area contributed by atoms with E-state index in [0.717, 1.165) is 11.3 Å². The van der Waals surface area contributed by atoms with Crippen molar-refractivity contribution in [1.29, 1.82) is 0 Å². The summed E-state index contributed by atoms with van der Waals surface area (Å²) in [7, 11) is 1.78. The van der Waals surface area contributed by atoms with Gasteiger partial charge in [0.2, 0.25) is 0 Å². The Morgan fingerprint density at radius 3 is 2.50 bits per heavy atom. The van der Waals surface area contributed by atoms with Crippen molar-refractivity contribution in [1.82, 2.24) is 9.78 Å². The molecular weight excluding hydrogens is 300 g/mol. The van der Waals surface area contributed by atoms with Crippen molar-refractivity contribution in [2.24, 2.45) is 12.8 Å². The molecule has 0 saturated heterocycles. The molecule has 0 radical (unpaired) electrons. The van der Waals surface area contributed by atoms with Crippen LogP contribution in [0, 0.1) is 12.7 Å². The minimum atomic E-state index is -0.332. The topological polar surface area (TPSA) is 43.8 Å². The smallest absolute Gasteiger partial charge is 0.130 e. The summed E-state index contributed by atoms with van der Waals surface area (Å²) in [5.41, 5.74) is 8.28. The monoisotopic (exact) mass is 315 g/mol. The van der Waals surface area contributed by atoms with Crippen LogP contribution < -0.4 is 5.73 Å². The molecule has 1 heterocycles. The largest absolute Gasteiger partial charge is 0.327 e. The lowest BCUT2D eigenvalue weighted by Crippen LogP contribution is -2.26. The molecule has 0 bridgehead atoms. The average molecular weight is 316 g/mol. The molecule has 2 N–H and O–H groups in total. The van der Waals surface area contributed by atoms with Gasteiger partial charge in [0.15, 0.2) is 0 Å². The Kier molecular flexibility index (Phi) is 4.68. The first-order chi connectivity index (χ1) is 9.40. The van der Waals surface area contributed by atoms with Crippen LogP contribution in [-0.2, 0) is 19.9 Å². The van der Waals surface area contributed by atoms with Gasteiger partial charge in [-0.05, 0) is 31.9 Å². The normalized spacial score (nSPS) is 12.7. The molecule has 3 nitrogen and oxygen atoms in total. The van der Waals surface area contributed by atoms with E-state index in [1.54, 1.807) is 23.9 Å². The number of rotatable bonds is 4. The Hall–Kier alpha value is -1.10. The van der Waals surface area contributed by atoms with E-state index < -0.39 is 0 Å². The van der Waals surface area contributed by atoms with Gasteiger partial charge in [-0.2, -0.15) is 5.10 Å². The molecule has 0 aliphatic heterocycles. The van der Waals surface area contributed by atoms with Crippen molar-refractivity contribution in [2.75, 3.05) is 0 Å². The third-order valence-corrected chi connectivity index (χ3v) is 4.09. The van der Waals surface area contributed by atoms with Crippen LogP contribution in [0.2, 0.25) is 10.2 Å². The van der Waals surface area contributed by atoms with Crippen molar-refractivity contribution >= 4 is 23.2 Å². The molecule has 0 spiro atoms. The maximum absolute atomic E-state index is 13.7. The van der Waals surface area contributed by atoms with Crippen molar-refractivity contribution < 1.29 is 4.39 Å². The Labute approximate surface area is 127 Å². The summed E-state index contributed by atoms with van der Waals surface area (Å²) < 4.78 is 15.3. The van der Waals surface area contributed by atoms with E-state index in [2.05, 4.69) is 5.10 Å². The van der Waals surface area contributed by atoms with Crippen LogP contribution in [0.4, 0.5) is 4.39 Å². The van der Waals surface area contributed by atoms with Crippen LogP contribution in [0.5, 0.6) is 0 Å². The molecule has 108 valence electrons. The van der Waals surface area contributed by atoms with E-state index in [1.165, 1.54) is 6.07 Å². The van der Waals surface area contributed by atoms with E-state index in [4.69, 9.17) is 28.9 Å². The maximum atomic E-state index is 13.7. The average Bonchev–Trinajstić information content (AvgIpc) is 2.61. The molecule has 1 aromatic carbocycles. The molecule has 1 aromatic heterocycles. The minimum Gasteiger partial charge on any atom is -0.327 e. The summed E-state index contributed by atoms with van der Waals surface area (Å²) in [5, 5.41) is 5.20. The molecule has 20 heavy (non-hydrogen) atoms. The van der Waals surface area contributed by atoms with Gasteiger partial charge in [0.25, 0.3) is 0 Å². The number of aryl methyl sites for hydroxylation is 2. The second-order valence-electron chi connectivity index (χ2n) is 4.85. The van der Waals surface area contributed by atoms with Gasteiger partial charge in [0, 0.05) is 29.2 Å². The third-order valence-electron chi connectivity index (χ3n) is 3.26. The van der Waals surface area contributed by atoms with Crippen LogP contribution in [0.1, 0.15) is 16.8 Å². The highest BCUT2D eigenvalue weighted by Crippen LogP contribution is 2.24. The zero-order chi connectivity index (χ0) is 14.9. The summed E-state index contributed by atoms with van der Waals surface area (Å²) in [6, 6.07) is 4.35. The number of nitrogens with two attached hydrogens (primary N) is 1. The van der Waals surface area contributed by atoms with Crippen molar-refractivity contribution in [2.45, 2.75) is 25.8 Å². The Morgan fingerprint density at radius 1 is 1.30 bits per heavy atom. The lowest BCUT2D eigenvalue weighted by atomic mass is 10.00. The molecule has 0 aliphatic carbocycles. The summed E-state index contributed by atoms with van der Waals surface area (Å²) in [5.74, 6) is -0.332. The van der Waals surface area contributed by atoms with Gasteiger partial charge < -0.3 is 5.73 Å². The number of halogens is 3. The van der Waals surface area contributed by atoms with Gasteiger partial charge in [-0.1, -0.05) is 29.3 Å². The first-order valence-electron chi connectivity index (χ1n) is 6.26. The molecule has 0 amide bonds. The standard InChI is InChI=1S/C14H16Cl2FN3/c1-8-10(14(16)20(2)19-8)6-9(18)7-11-12(15)4-3-5-13(11)17/h3-5,9H,6-7,18H2,1-2H3. The van der Waals surface area contributed by atoms with Crippen LogP contribution in [0.25, 0.3) is 0 Å². The first kappa shape index (κ1) is 15.3. The molecule has 2 rings (SSSR count). The van der Waals surface area contributed by atoms with E-state index >= 15 is 0 Å². The maximum Gasteiger partial charge on any atom is 0.130 e. The lowest BCUT2D eigenvalue weighted by molar-refractivity contribution is 0.583. The molecule has 1 unspecified atom stereocenters. The Bertz CT molecular complexity index is 605. The molecule has 1 atom stereocenters. The predicted molar refractivity (Wildman–Crippen MR) is 79.7 cm³/mol. The number of nitrogens with zero attached hydrogens (tertiary/aromatic N) is 2. The second kappa shape index (κ2) is 6.12. The van der Waals surface area contributed by atoms with Crippen molar-refractivity contribution in [3.63, 3.8) is 0 Å². The Morgan fingerprint density at radius 2 is 1.95 bits per heavy atom. The van der Waals surface area contributed by atoms with E-state index in [0.29, 0.717) is 28.6 Å². The summed E-state index contributed by atoms with van der Waals surface area (Å²) in [6.45, 7) is 1.88. The Balaban J connectivity index is 2.15. The van der Waals surface area contributed by atoms with E-state index in [-0.39, 0.29) is 11.9 Å². The predicted octanol–water partition coefficient (Wildman–Crippen LogP) is 3.29. The van der Waals surface area contributed by atoms with Crippen molar-refractivity contribution in [3.05, 3.63) is 51.0 Å². The highest BCUT2D eigenvalue weighted by molar-refractivity contribution is 6.31. The fourth-order valence-corrected chi connectivity index (χ4v) is 2.72. The molecule has 0 fully saturated rings.